The Morgan fingerprint density at radius 2 is 1.14 bits per heavy atom. The number of benzene rings is 8. The predicted molar refractivity (Wildman–Crippen MR) is 211 cm³/mol. The van der Waals surface area contributed by atoms with E-state index in [4.69, 9.17) is 14.4 Å². The van der Waals surface area contributed by atoms with Crippen LogP contribution in [0.15, 0.2) is 190 Å². The summed E-state index contributed by atoms with van der Waals surface area (Å²) in [7, 11) is 0. The van der Waals surface area contributed by atoms with Gasteiger partial charge < -0.3 is 9.73 Å². The maximum Gasteiger partial charge on any atom is 0.160 e. The molecule has 1 atom stereocenters. The first-order valence-electron chi connectivity index (χ1n) is 17.3. The summed E-state index contributed by atoms with van der Waals surface area (Å²) in [4.78, 5) is 10.7. The van der Waals surface area contributed by atoms with E-state index >= 15 is 0 Å². The quantitative estimate of drug-likeness (QED) is 0.201. The number of nitrogens with one attached hydrogen (secondary N) is 1. The first-order chi connectivity index (χ1) is 25.2. The molecule has 240 valence electrons. The third-order valence-electron chi connectivity index (χ3n) is 9.92. The van der Waals surface area contributed by atoms with Crippen LogP contribution in [-0.4, -0.2) is 11.7 Å². The van der Waals surface area contributed by atoms with Crippen LogP contribution in [0.3, 0.4) is 0 Å². The minimum Gasteiger partial charge on any atom is -0.456 e. The van der Waals surface area contributed by atoms with E-state index in [0.29, 0.717) is 5.84 Å². The van der Waals surface area contributed by atoms with Crippen molar-refractivity contribution in [2.45, 2.75) is 6.17 Å². The van der Waals surface area contributed by atoms with Gasteiger partial charge in [-0.15, -0.1) is 0 Å². The molecule has 0 radical (unpaired) electrons. The molecule has 1 unspecified atom stereocenters. The fourth-order valence-electron chi connectivity index (χ4n) is 7.38. The minimum atomic E-state index is -0.363. The van der Waals surface area contributed by atoms with Crippen molar-refractivity contribution in [2.24, 2.45) is 9.98 Å². The van der Waals surface area contributed by atoms with Crippen LogP contribution in [0, 0.1) is 0 Å². The second-order valence-corrected chi connectivity index (χ2v) is 13.0. The molecule has 51 heavy (non-hydrogen) atoms. The molecule has 1 N–H and O–H groups in total. The Hall–Kier alpha value is -6.78. The van der Waals surface area contributed by atoms with Gasteiger partial charge in [0.05, 0.1) is 0 Å². The van der Waals surface area contributed by atoms with Crippen LogP contribution < -0.4 is 5.32 Å². The van der Waals surface area contributed by atoms with Crippen molar-refractivity contribution in [1.29, 1.82) is 0 Å². The summed E-state index contributed by atoms with van der Waals surface area (Å²) in [5.74, 6) is 1.44. The van der Waals surface area contributed by atoms with Crippen LogP contribution in [-0.2, 0) is 0 Å². The number of hydrogen-bond donors (Lipinski definition) is 1. The van der Waals surface area contributed by atoms with E-state index < -0.39 is 0 Å². The van der Waals surface area contributed by atoms with Crippen LogP contribution in [0.5, 0.6) is 0 Å². The summed E-state index contributed by atoms with van der Waals surface area (Å²) < 4.78 is 6.57. The number of rotatable bonds is 5. The second-order valence-electron chi connectivity index (χ2n) is 13.0. The SMILES string of the molecule is c1ccc(-c2ccc(C3N=C(c4cc(-c5cccc6ccccc56)cc5oc6ccccc6c45)N=C(c4ccc5ccccc5c4)N3)cc2)cc1. The molecular weight excluding hydrogens is 623 g/mol. The number of aliphatic imine (C=N–C) groups is 2. The standard InChI is InChI=1S/C47H31N3O/c1-2-11-30(12-3-1)32-21-24-34(25-22-32)45-48-46(36-26-23-31-13-4-5-15-35(31)27-36)50-47(49-45)41-28-37(39-19-10-16-33-14-6-7-17-38(33)39)29-43-44(41)40-18-8-9-20-42(40)51-43/h1-29,45H,(H,48,49,50). The summed E-state index contributed by atoms with van der Waals surface area (Å²) in [6.45, 7) is 0. The van der Waals surface area contributed by atoms with E-state index in [-0.39, 0.29) is 6.17 Å². The lowest BCUT2D eigenvalue weighted by Gasteiger charge is -2.24. The highest BCUT2D eigenvalue weighted by atomic mass is 16.3. The van der Waals surface area contributed by atoms with Gasteiger partial charge in [-0.05, 0) is 73.6 Å². The molecule has 0 saturated heterocycles. The van der Waals surface area contributed by atoms with Crippen molar-refractivity contribution in [3.63, 3.8) is 0 Å². The molecule has 0 saturated carbocycles. The largest absolute Gasteiger partial charge is 0.456 e. The molecule has 0 bridgehead atoms. The maximum absolute atomic E-state index is 6.57. The molecule has 1 aromatic heterocycles. The summed E-state index contributed by atoms with van der Waals surface area (Å²) in [5, 5.41) is 10.5. The van der Waals surface area contributed by atoms with Gasteiger partial charge >= 0.3 is 0 Å². The van der Waals surface area contributed by atoms with Gasteiger partial charge in [-0.2, -0.15) is 0 Å². The zero-order valence-corrected chi connectivity index (χ0v) is 27.6. The molecule has 1 aliphatic rings. The molecular formula is C47H31N3O. The number of para-hydroxylation sites is 1. The van der Waals surface area contributed by atoms with Crippen molar-refractivity contribution in [1.82, 2.24) is 5.32 Å². The zero-order valence-electron chi connectivity index (χ0n) is 27.6. The summed E-state index contributed by atoms with van der Waals surface area (Å²) in [5.41, 5.74) is 9.18. The maximum atomic E-state index is 6.57. The van der Waals surface area contributed by atoms with E-state index in [1.54, 1.807) is 0 Å². The highest BCUT2D eigenvalue weighted by molar-refractivity contribution is 6.23. The average Bonchev–Trinajstić information content (AvgIpc) is 3.59. The van der Waals surface area contributed by atoms with Crippen LogP contribution in [0.2, 0.25) is 0 Å². The lowest BCUT2D eigenvalue weighted by molar-refractivity contribution is 0.668. The van der Waals surface area contributed by atoms with E-state index in [1.807, 2.05) is 18.2 Å². The third kappa shape index (κ3) is 5.17. The summed E-state index contributed by atoms with van der Waals surface area (Å²) >= 11 is 0. The van der Waals surface area contributed by atoms with E-state index in [1.165, 1.54) is 21.7 Å². The Kier molecular flexibility index (Phi) is 6.85. The molecule has 10 rings (SSSR count). The van der Waals surface area contributed by atoms with Gasteiger partial charge in [0, 0.05) is 21.9 Å². The fraction of sp³-hybridized carbons (Fsp3) is 0.0213. The Bertz CT molecular complexity index is 2820. The Morgan fingerprint density at radius 1 is 0.451 bits per heavy atom. The van der Waals surface area contributed by atoms with E-state index in [2.05, 4.69) is 163 Å². The first-order valence-corrected chi connectivity index (χ1v) is 17.3. The topological polar surface area (TPSA) is 49.9 Å². The van der Waals surface area contributed by atoms with E-state index in [9.17, 15) is 0 Å². The molecule has 8 aromatic carbocycles. The molecule has 9 aromatic rings. The molecule has 0 spiro atoms. The Morgan fingerprint density at radius 3 is 2.00 bits per heavy atom. The Labute approximate surface area is 295 Å². The van der Waals surface area contributed by atoms with Gasteiger partial charge in [0.2, 0.25) is 0 Å². The molecule has 1 aliphatic heterocycles. The molecule has 0 amide bonds. The monoisotopic (exact) mass is 653 g/mol. The lowest BCUT2D eigenvalue weighted by atomic mass is 9.94. The number of nitrogens with zero attached hydrogens (tertiary/aromatic N) is 2. The molecule has 4 heteroatoms. The smallest absolute Gasteiger partial charge is 0.160 e. The van der Waals surface area contributed by atoms with Crippen LogP contribution in [0.1, 0.15) is 22.9 Å². The highest BCUT2D eigenvalue weighted by Crippen LogP contribution is 2.39. The first kappa shape index (κ1) is 29.2. The highest BCUT2D eigenvalue weighted by Gasteiger charge is 2.25. The van der Waals surface area contributed by atoms with Gasteiger partial charge in [-0.25, -0.2) is 9.98 Å². The van der Waals surface area contributed by atoms with Gasteiger partial charge in [-0.3, -0.25) is 0 Å². The number of hydrogen-bond acceptors (Lipinski definition) is 4. The lowest BCUT2D eigenvalue weighted by Crippen LogP contribution is -2.33. The van der Waals surface area contributed by atoms with Crippen molar-refractivity contribution in [3.05, 3.63) is 193 Å². The zero-order chi connectivity index (χ0) is 33.7. The van der Waals surface area contributed by atoms with Crippen LogP contribution in [0.4, 0.5) is 0 Å². The van der Waals surface area contributed by atoms with Crippen molar-refractivity contribution < 1.29 is 4.42 Å². The molecule has 4 nitrogen and oxygen atoms in total. The van der Waals surface area contributed by atoms with Crippen molar-refractivity contribution in [2.75, 3.05) is 0 Å². The second kappa shape index (κ2) is 12.0. The van der Waals surface area contributed by atoms with E-state index in [0.717, 1.165) is 66.5 Å². The van der Waals surface area contributed by atoms with Gasteiger partial charge in [-0.1, -0.05) is 152 Å². The normalized spacial score (nSPS) is 14.5. The molecule has 0 aliphatic carbocycles. The van der Waals surface area contributed by atoms with Gasteiger partial charge in [0.1, 0.15) is 23.2 Å². The number of amidine groups is 2. The number of furan rings is 1. The summed E-state index contributed by atoms with van der Waals surface area (Å²) in [6, 6.07) is 61.7. The summed E-state index contributed by atoms with van der Waals surface area (Å²) in [6.07, 6.45) is -0.363. The fourth-order valence-corrected chi connectivity index (χ4v) is 7.38. The van der Waals surface area contributed by atoms with Crippen LogP contribution >= 0.6 is 0 Å². The Balaban J connectivity index is 1.19. The van der Waals surface area contributed by atoms with Crippen molar-refractivity contribution >= 4 is 55.2 Å². The molecule has 0 fully saturated rings. The molecule has 2 heterocycles. The average molecular weight is 654 g/mol. The van der Waals surface area contributed by atoms with Gasteiger partial charge in [0.25, 0.3) is 0 Å². The minimum absolute atomic E-state index is 0.363. The van der Waals surface area contributed by atoms with Gasteiger partial charge in [0.15, 0.2) is 5.84 Å². The predicted octanol–water partition coefficient (Wildman–Crippen LogP) is 11.7. The van der Waals surface area contributed by atoms with Crippen LogP contribution in [0.25, 0.3) is 65.7 Å². The third-order valence-corrected chi connectivity index (χ3v) is 9.92. The number of fused-ring (bicyclic) bond motifs is 5. The van der Waals surface area contributed by atoms with Crippen molar-refractivity contribution in [3.8, 4) is 22.3 Å².